The smallest absolute Gasteiger partial charge is 0.295 e. The molecule has 0 amide bonds. The van der Waals surface area contributed by atoms with Gasteiger partial charge in [0.2, 0.25) is 0 Å². The van der Waals surface area contributed by atoms with Gasteiger partial charge in [-0.3, -0.25) is 14.9 Å². The number of fused-ring (bicyclic) bond motifs is 1. The minimum absolute atomic E-state index is 0.117. The Morgan fingerprint density at radius 3 is 2.49 bits per heavy atom. The first-order chi connectivity index (χ1) is 18.9. The van der Waals surface area contributed by atoms with Gasteiger partial charge in [-0.15, -0.1) is 11.3 Å². The fourth-order valence-electron chi connectivity index (χ4n) is 4.76. The molecule has 0 atom stereocenters. The lowest BCUT2D eigenvalue weighted by molar-refractivity contribution is -0.384. The van der Waals surface area contributed by atoms with E-state index in [1.54, 1.807) is 35.6 Å². The van der Waals surface area contributed by atoms with Crippen molar-refractivity contribution in [3.8, 4) is 27.5 Å². The monoisotopic (exact) mass is 603 g/mol. The third kappa shape index (κ3) is 4.84. The minimum atomic E-state index is -0.483. The number of thiazole rings is 1. The molecule has 0 bridgehead atoms. The van der Waals surface area contributed by atoms with Crippen LogP contribution in [0.2, 0.25) is 0 Å². The molecule has 0 radical (unpaired) electrons. The number of nitro benzene ring substituents is 1. The third-order valence-corrected chi connectivity index (χ3v) is 8.07. The second-order valence-corrected chi connectivity index (χ2v) is 10.9. The maximum Gasteiger partial charge on any atom is 0.295 e. The van der Waals surface area contributed by atoms with Crippen molar-refractivity contribution < 1.29 is 9.66 Å². The summed E-state index contributed by atoms with van der Waals surface area (Å²) in [4.78, 5) is 32.1. The molecular formula is C28H22BrN5O4S. The second kappa shape index (κ2) is 10.3. The number of hydrogen-bond donors (Lipinski definition) is 0. The van der Waals surface area contributed by atoms with Crippen LogP contribution >= 0.6 is 27.3 Å². The zero-order chi connectivity index (χ0) is 27.1. The normalized spacial score (nSPS) is 13.6. The SMILES string of the molecule is Cc1csc(-c2cc(Br)cc(-c3nn(-c4cc(N5CCOCC5)ccc4[N+](=O)[O-])c(=O)c4ccccc34)c2)n1. The van der Waals surface area contributed by atoms with E-state index in [0.29, 0.717) is 42.8 Å². The zero-order valence-corrected chi connectivity index (χ0v) is 23.2. The first-order valence-corrected chi connectivity index (χ1v) is 13.9. The van der Waals surface area contributed by atoms with Crippen molar-refractivity contribution in [1.29, 1.82) is 0 Å². The predicted octanol–water partition coefficient (Wildman–Crippen LogP) is 5.99. The molecule has 1 aliphatic heterocycles. The van der Waals surface area contributed by atoms with E-state index >= 15 is 0 Å². The van der Waals surface area contributed by atoms with Crippen LogP contribution in [0.3, 0.4) is 0 Å². The molecule has 0 unspecified atom stereocenters. The number of nitro groups is 1. The summed E-state index contributed by atoms with van der Waals surface area (Å²) in [7, 11) is 0. The number of morpholine rings is 1. The number of hydrogen-bond acceptors (Lipinski definition) is 8. The van der Waals surface area contributed by atoms with E-state index in [1.807, 2.05) is 42.6 Å². The van der Waals surface area contributed by atoms with Crippen molar-refractivity contribution in [3.63, 3.8) is 0 Å². The van der Waals surface area contributed by atoms with E-state index in [-0.39, 0.29) is 11.4 Å². The lowest BCUT2D eigenvalue weighted by atomic mass is 10.0. The first-order valence-electron chi connectivity index (χ1n) is 12.3. The number of halogens is 1. The maximum atomic E-state index is 13.8. The van der Waals surface area contributed by atoms with Crippen molar-refractivity contribution >= 4 is 49.4 Å². The zero-order valence-electron chi connectivity index (χ0n) is 20.8. The van der Waals surface area contributed by atoms with E-state index in [1.165, 1.54) is 6.07 Å². The summed E-state index contributed by atoms with van der Waals surface area (Å²) >= 11 is 5.16. The summed E-state index contributed by atoms with van der Waals surface area (Å²) in [6.45, 7) is 4.38. The molecule has 11 heteroatoms. The number of benzene rings is 3. The fraction of sp³-hybridized carbons (Fsp3) is 0.179. The van der Waals surface area contributed by atoms with Gasteiger partial charge in [0.25, 0.3) is 11.2 Å². The number of aryl methyl sites for hydroxylation is 1. The summed E-state index contributed by atoms with van der Waals surface area (Å²) < 4.78 is 7.44. The van der Waals surface area contributed by atoms with Crippen LogP contribution in [-0.4, -0.2) is 46.0 Å². The first kappa shape index (κ1) is 25.4. The van der Waals surface area contributed by atoms with Crippen LogP contribution in [0.15, 0.2) is 75.3 Å². The molecule has 3 heterocycles. The Bertz CT molecular complexity index is 1800. The predicted molar refractivity (Wildman–Crippen MR) is 156 cm³/mol. The quantitative estimate of drug-likeness (QED) is 0.179. The lowest BCUT2D eigenvalue weighted by Gasteiger charge is -2.29. The highest BCUT2D eigenvalue weighted by atomic mass is 79.9. The second-order valence-electron chi connectivity index (χ2n) is 9.16. The number of rotatable bonds is 5. The molecule has 0 saturated carbocycles. The number of aromatic nitrogens is 3. The standard InChI is InChI=1S/C28H22BrN5O4S/c1-17-16-39-27(30-17)19-12-18(13-20(29)14-19)26-22-4-2-3-5-23(22)28(35)33(31-26)25-15-21(6-7-24(25)34(36)37)32-8-10-38-11-9-32/h2-7,12-16H,8-11H2,1H3. The van der Waals surface area contributed by atoms with Gasteiger partial charge in [-0.25, -0.2) is 4.98 Å². The van der Waals surface area contributed by atoms with Gasteiger partial charge in [0.1, 0.15) is 10.7 Å². The van der Waals surface area contributed by atoms with Crippen LogP contribution in [0.1, 0.15) is 5.69 Å². The van der Waals surface area contributed by atoms with E-state index in [0.717, 1.165) is 36.7 Å². The minimum Gasteiger partial charge on any atom is -0.378 e. The van der Waals surface area contributed by atoms with Gasteiger partial charge in [-0.1, -0.05) is 34.1 Å². The molecule has 0 aliphatic carbocycles. The molecule has 3 aromatic carbocycles. The van der Waals surface area contributed by atoms with Gasteiger partial charge in [0.15, 0.2) is 0 Å². The van der Waals surface area contributed by atoms with Crippen LogP contribution in [0.25, 0.3) is 38.3 Å². The van der Waals surface area contributed by atoms with Crippen molar-refractivity contribution in [3.05, 3.63) is 96.7 Å². The van der Waals surface area contributed by atoms with Crippen LogP contribution in [0.4, 0.5) is 11.4 Å². The molecule has 9 nitrogen and oxygen atoms in total. The molecule has 196 valence electrons. The van der Waals surface area contributed by atoms with Gasteiger partial charge < -0.3 is 9.64 Å². The van der Waals surface area contributed by atoms with E-state index < -0.39 is 10.5 Å². The number of nitrogens with zero attached hydrogens (tertiary/aromatic N) is 5. The Kier molecular flexibility index (Phi) is 6.71. The molecule has 2 aromatic heterocycles. The highest BCUT2D eigenvalue weighted by molar-refractivity contribution is 9.10. The number of ether oxygens (including phenoxy) is 1. The van der Waals surface area contributed by atoms with Gasteiger partial charge in [0.05, 0.1) is 29.2 Å². The lowest BCUT2D eigenvalue weighted by Crippen LogP contribution is -2.36. The third-order valence-electron chi connectivity index (χ3n) is 6.60. The van der Waals surface area contributed by atoms with Crippen LogP contribution in [-0.2, 0) is 4.74 Å². The molecule has 0 spiro atoms. The maximum absolute atomic E-state index is 13.8. The van der Waals surface area contributed by atoms with Crippen molar-refractivity contribution in [2.24, 2.45) is 0 Å². The van der Waals surface area contributed by atoms with Gasteiger partial charge >= 0.3 is 0 Å². The summed E-state index contributed by atoms with van der Waals surface area (Å²) in [5.41, 5.74) is 3.38. The van der Waals surface area contributed by atoms with Crippen LogP contribution in [0.5, 0.6) is 0 Å². The summed E-state index contributed by atoms with van der Waals surface area (Å²) in [5.74, 6) is 0. The van der Waals surface area contributed by atoms with Crippen molar-refractivity contribution in [2.75, 3.05) is 31.2 Å². The van der Waals surface area contributed by atoms with Crippen molar-refractivity contribution in [2.45, 2.75) is 6.92 Å². The molecule has 5 aromatic rings. The highest BCUT2D eigenvalue weighted by Crippen LogP contribution is 2.35. The molecule has 1 fully saturated rings. The summed E-state index contributed by atoms with van der Waals surface area (Å²) in [6.07, 6.45) is 0. The molecule has 1 saturated heterocycles. The van der Waals surface area contributed by atoms with E-state index in [4.69, 9.17) is 9.84 Å². The highest BCUT2D eigenvalue weighted by Gasteiger charge is 2.23. The van der Waals surface area contributed by atoms with Crippen molar-refractivity contribution in [1.82, 2.24) is 14.8 Å². The molecule has 1 aliphatic rings. The largest absolute Gasteiger partial charge is 0.378 e. The Balaban J connectivity index is 1.60. The van der Waals surface area contributed by atoms with E-state index in [2.05, 4.69) is 25.8 Å². The summed E-state index contributed by atoms with van der Waals surface area (Å²) in [5, 5.41) is 20.8. The number of anilines is 1. The Morgan fingerprint density at radius 2 is 1.77 bits per heavy atom. The molecule has 39 heavy (non-hydrogen) atoms. The summed E-state index contributed by atoms with van der Waals surface area (Å²) in [6, 6.07) is 17.9. The Labute approximate surface area is 235 Å². The average molecular weight is 604 g/mol. The topological polar surface area (TPSA) is 103 Å². The average Bonchev–Trinajstić information content (AvgIpc) is 3.39. The van der Waals surface area contributed by atoms with Gasteiger partial charge in [-0.05, 0) is 43.3 Å². The van der Waals surface area contributed by atoms with E-state index in [9.17, 15) is 14.9 Å². The molecular weight excluding hydrogens is 582 g/mol. The van der Waals surface area contributed by atoms with Crippen LogP contribution in [0, 0.1) is 17.0 Å². The molecule has 6 rings (SSSR count). The fourth-order valence-corrected chi connectivity index (χ4v) is 6.04. The van der Waals surface area contributed by atoms with Gasteiger partial charge in [0, 0.05) is 56.9 Å². The Hall–Kier alpha value is -3.93. The van der Waals surface area contributed by atoms with Gasteiger partial charge in [-0.2, -0.15) is 9.78 Å². The Morgan fingerprint density at radius 1 is 1.03 bits per heavy atom. The van der Waals surface area contributed by atoms with Crippen LogP contribution < -0.4 is 10.5 Å². The molecule has 0 N–H and O–H groups in total.